The Kier molecular flexibility index (Phi) is 3.91. The molecule has 0 aliphatic carbocycles. The van der Waals surface area contributed by atoms with Gasteiger partial charge in [-0.3, -0.25) is 0 Å². The SMILES string of the molecule is NS(=O)(=O)c1cccc(NCc2cccc(F)c2O)c1. The van der Waals surface area contributed by atoms with Gasteiger partial charge in [-0.05, 0) is 24.3 Å². The molecule has 0 saturated carbocycles. The molecule has 2 rings (SSSR count). The summed E-state index contributed by atoms with van der Waals surface area (Å²) in [7, 11) is -3.77. The molecular formula is C13H13FN2O3S. The van der Waals surface area contributed by atoms with Crippen molar-refractivity contribution in [3.05, 3.63) is 53.8 Å². The topological polar surface area (TPSA) is 92.4 Å². The lowest BCUT2D eigenvalue weighted by Crippen LogP contribution is -2.12. The molecule has 5 nitrogen and oxygen atoms in total. The second-order valence-electron chi connectivity index (χ2n) is 4.17. The van der Waals surface area contributed by atoms with E-state index in [1.54, 1.807) is 12.1 Å². The second kappa shape index (κ2) is 5.48. The summed E-state index contributed by atoms with van der Waals surface area (Å²) >= 11 is 0. The molecule has 0 spiro atoms. The van der Waals surface area contributed by atoms with E-state index in [9.17, 15) is 17.9 Å². The number of hydrogen-bond donors (Lipinski definition) is 3. The number of halogens is 1. The second-order valence-corrected chi connectivity index (χ2v) is 5.74. The zero-order valence-electron chi connectivity index (χ0n) is 10.4. The van der Waals surface area contributed by atoms with E-state index in [0.717, 1.165) is 6.07 Å². The Bertz CT molecular complexity index is 732. The molecule has 0 fully saturated rings. The van der Waals surface area contributed by atoms with Crippen molar-refractivity contribution >= 4 is 15.7 Å². The highest BCUT2D eigenvalue weighted by Gasteiger charge is 2.09. The van der Waals surface area contributed by atoms with Gasteiger partial charge in [-0.2, -0.15) is 0 Å². The summed E-state index contributed by atoms with van der Waals surface area (Å²) in [6.07, 6.45) is 0. The molecule has 0 bridgehead atoms. The van der Waals surface area contributed by atoms with Crippen LogP contribution in [0.25, 0.3) is 0 Å². The lowest BCUT2D eigenvalue weighted by molar-refractivity contribution is 0.427. The largest absolute Gasteiger partial charge is 0.505 e. The first-order chi connectivity index (χ1) is 9.38. The summed E-state index contributed by atoms with van der Waals surface area (Å²) in [4.78, 5) is -0.0223. The van der Waals surface area contributed by atoms with Crippen LogP contribution < -0.4 is 10.5 Å². The van der Waals surface area contributed by atoms with Crippen molar-refractivity contribution in [3.8, 4) is 5.75 Å². The van der Waals surface area contributed by atoms with Crippen molar-refractivity contribution in [2.24, 2.45) is 5.14 Å². The Balaban J connectivity index is 2.18. The minimum Gasteiger partial charge on any atom is -0.505 e. The van der Waals surface area contributed by atoms with Crippen molar-refractivity contribution in [2.45, 2.75) is 11.4 Å². The fraction of sp³-hybridized carbons (Fsp3) is 0.0769. The molecule has 7 heteroatoms. The molecule has 4 N–H and O–H groups in total. The average Bonchev–Trinajstić information content (AvgIpc) is 2.40. The van der Waals surface area contributed by atoms with Crippen LogP contribution in [-0.4, -0.2) is 13.5 Å². The van der Waals surface area contributed by atoms with Gasteiger partial charge in [-0.15, -0.1) is 0 Å². The van der Waals surface area contributed by atoms with E-state index < -0.39 is 21.6 Å². The van der Waals surface area contributed by atoms with E-state index >= 15 is 0 Å². The minimum atomic E-state index is -3.77. The Hall–Kier alpha value is -2.12. The van der Waals surface area contributed by atoms with Crippen molar-refractivity contribution < 1.29 is 17.9 Å². The van der Waals surface area contributed by atoms with Gasteiger partial charge in [0.1, 0.15) is 0 Å². The molecule has 0 atom stereocenters. The number of para-hydroxylation sites is 1. The molecular weight excluding hydrogens is 283 g/mol. The Morgan fingerprint density at radius 2 is 1.90 bits per heavy atom. The Labute approximate surface area is 115 Å². The lowest BCUT2D eigenvalue weighted by atomic mass is 10.2. The molecule has 2 aromatic rings. The first-order valence-electron chi connectivity index (χ1n) is 5.71. The number of nitrogens with two attached hydrogens (primary N) is 1. The van der Waals surface area contributed by atoms with Crippen molar-refractivity contribution in [3.63, 3.8) is 0 Å². The zero-order chi connectivity index (χ0) is 14.8. The predicted molar refractivity (Wildman–Crippen MR) is 73.2 cm³/mol. The summed E-state index contributed by atoms with van der Waals surface area (Å²) in [5.74, 6) is -1.13. The van der Waals surface area contributed by atoms with Crippen molar-refractivity contribution in [2.75, 3.05) is 5.32 Å². The lowest BCUT2D eigenvalue weighted by Gasteiger charge is -2.09. The average molecular weight is 296 g/mol. The number of hydrogen-bond acceptors (Lipinski definition) is 4. The molecule has 106 valence electrons. The third kappa shape index (κ3) is 3.25. The molecule has 0 unspecified atom stereocenters. The number of aromatic hydroxyl groups is 1. The standard InChI is InChI=1S/C13H13FN2O3S/c14-12-6-1-3-9(13(12)17)8-16-10-4-2-5-11(7-10)20(15,18)19/h1-7,16-17H,8H2,(H2,15,18,19). The van der Waals surface area contributed by atoms with Gasteiger partial charge in [-0.1, -0.05) is 18.2 Å². The Morgan fingerprint density at radius 1 is 1.20 bits per heavy atom. The number of sulfonamides is 1. The van der Waals surface area contributed by atoms with Gasteiger partial charge >= 0.3 is 0 Å². The van der Waals surface area contributed by atoms with Gasteiger partial charge in [0.05, 0.1) is 4.90 Å². The number of nitrogens with one attached hydrogen (secondary N) is 1. The van der Waals surface area contributed by atoms with E-state index in [4.69, 9.17) is 5.14 Å². The molecule has 0 heterocycles. The maximum atomic E-state index is 13.2. The molecule has 0 saturated heterocycles. The molecule has 20 heavy (non-hydrogen) atoms. The maximum absolute atomic E-state index is 13.2. The van der Waals surface area contributed by atoms with E-state index in [2.05, 4.69) is 5.32 Å². The maximum Gasteiger partial charge on any atom is 0.238 e. The van der Waals surface area contributed by atoms with Gasteiger partial charge in [0, 0.05) is 17.8 Å². The quantitative estimate of drug-likeness (QED) is 0.802. The fourth-order valence-corrected chi connectivity index (χ4v) is 2.24. The van der Waals surface area contributed by atoms with Crippen LogP contribution in [0.4, 0.5) is 10.1 Å². The van der Waals surface area contributed by atoms with Crippen LogP contribution in [0.3, 0.4) is 0 Å². The predicted octanol–water partition coefficient (Wildman–Crippen LogP) is 1.79. The highest BCUT2D eigenvalue weighted by Crippen LogP contribution is 2.22. The van der Waals surface area contributed by atoms with Crippen LogP contribution in [0.2, 0.25) is 0 Å². The fourth-order valence-electron chi connectivity index (χ4n) is 1.68. The highest BCUT2D eigenvalue weighted by molar-refractivity contribution is 7.89. The number of phenols is 1. The third-order valence-electron chi connectivity index (χ3n) is 2.72. The van der Waals surface area contributed by atoms with Crippen LogP contribution in [0.15, 0.2) is 47.4 Å². The molecule has 0 aliphatic heterocycles. The molecule has 0 aromatic heterocycles. The van der Waals surface area contributed by atoms with Gasteiger partial charge < -0.3 is 10.4 Å². The normalized spacial score (nSPS) is 11.3. The zero-order valence-corrected chi connectivity index (χ0v) is 11.2. The first-order valence-corrected chi connectivity index (χ1v) is 7.25. The first kappa shape index (κ1) is 14.3. The van der Waals surface area contributed by atoms with Crippen LogP contribution in [0, 0.1) is 5.82 Å². The van der Waals surface area contributed by atoms with E-state index in [0.29, 0.717) is 11.3 Å². The summed E-state index contributed by atoms with van der Waals surface area (Å²) in [5.41, 5.74) is 0.867. The van der Waals surface area contributed by atoms with Gasteiger partial charge in [0.25, 0.3) is 0 Å². The minimum absolute atomic E-state index is 0.0223. The molecule has 0 aliphatic rings. The van der Waals surface area contributed by atoms with Crippen LogP contribution in [0.1, 0.15) is 5.56 Å². The van der Waals surface area contributed by atoms with Crippen molar-refractivity contribution in [1.82, 2.24) is 0 Å². The summed E-state index contributed by atoms with van der Waals surface area (Å²) < 4.78 is 35.6. The van der Waals surface area contributed by atoms with Crippen LogP contribution in [0.5, 0.6) is 5.75 Å². The smallest absolute Gasteiger partial charge is 0.238 e. The van der Waals surface area contributed by atoms with Crippen molar-refractivity contribution in [1.29, 1.82) is 0 Å². The number of anilines is 1. The van der Waals surface area contributed by atoms with E-state index in [1.807, 2.05) is 0 Å². The van der Waals surface area contributed by atoms with Gasteiger partial charge in [0.2, 0.25) is 10.0 Å². The van der Waals surface area contributed by atoms with E-state index in [-0.39, 0.29) is 11.4 Å². The summed E-state index contributed by atoms with van der Waals surface area (Å²) in [6.45, 7) is 0.150. The number of benzene rings is 2. The number of phenolic OH excluding ortho intramolecular Hbond substituents is 1. The monoisotopic (exact) mass is 296 g/mol. The molecule has 0 amide bonds. The molecule has 0 radical (unpaired) electrons. The summed E-state index contributed by atoms with van der Waals surface area (Å²) in [6, 6.07) is 10.1. The third-order valence-corrected chi connectivity index (χ3v) is 3.63. The van der Waals surface area contributed by atoms with E-state index in [1.165, 1.54) is 24.3 Å². The van der Waals surface area contributed by atoms with Gasteiger partial charge in [-0.25, -0.2) is 17.9 Å². The summed E-state index contributed by atoms with van der Waals surface area (Å²) in [5, 5.41) is 17.5. The van der Waals surface area contributed by atoms with Crippen LogP contribution in [-0.2, 0) is 16.6 Å². The number of rotatable bonds is 4. The Morgan fingerprint density at radius 3 is 2.60 bits per heavy atom. The molecule has 2 aromatic carbocycles. The highest BCUT2D eigenvalue weighted by atomic mass is 32.2. The van der Waals surface area contributed by atoms with Gasteiger partial charge in [0.15, 0.2) is 11.6 Å². The van der Waals surface area contributed by atoms with Crippen LogP contribution >= 0.6 is 0 Å². The number of primary sulfonamides is 1.